The van der Waals surface area contributed by atoms with Gasteiger partial charge in [0.05, 0.1) is 4.92 Å². The highest BCUT2D eigenvalue weighted by atomic mass is 35.5. The molecule has 182 valence electrons. The minimum absolute atomic E-state index is 0.00359. The van der Waals surface area contributed by atoms with Crippen LogP contribution in [-0.2, 0) is 11.2 Å². The van der Waals surface area contributed by atoms with E-state index in [1.165, 1.54) is 12.1 Å². The number of anilines is 1. The van der Waals surface area contributed by atoms with Crippen molar-refractivity contribution in [3.05, 3.63) is 104 Å². The molecule has 3 aromatic carbocycles. The van der Waals surface area contributed by atoms with Crippen molar-refractivity contribution in [1.82, 2.24) is 15.5 Å². The van der Waals surface area contributed by atoms with Gasteiger partial charge in [-0.2, -0.15) is 0 Å². The lowest BCUT2D eigenvalue weighted by Crippen LogP contribution is -2.45. The first-order valence-electron chi connectivity index (χ1n) is 10.5. The Kier molecular flexibility index (Phi) is 7.89. The third-order valence-corrected chi connectivity index (χ3v) is 6.48. The average Bonchev–Trinajstić information content (AvgIpc) is 3.33. The molecule has 9 nitrogen and oxygen atoms in total. The van der Waals surface area contributed by atoms with Gasteiger partial charge in [-0.15, -0.1) is 10.2 Å². The summed E-state index contributed by atoms with van der Waals surface area (Å²) in [6.07, 6.45) is 0.175. The standard InChI is InChI=1S/C24H17Cl2N5O4S/c25-17-8-4-7-16(12-17)23-29-30-24(36-23)28-22(33)19(11-14-5-2-1-3-6-14)27-21(32)15-9-10-18(26)20(13-15)31(34)35/h1-10,12-13,19H,11H2,(H,27,32)(H,28,30,33)/t19-/m0/s1. The molecule has 2 amide bonds. The van der Waals surface area contributed by atoms with Crippen LogP contribution in [0.4, 0.5) is 10.8 Å². The van der Waals surface area contributed by atoms with Crippen LogP contribution in [0, 0.1) is 10.1 Å². The van der Waals surface area contributed by atoms with Crippen molar-refractivity contribution in [3.8, 4) is 10.6 Å². The number of rotatable bonds is 8. The second kappa shape index (κ2) is 11.3. The fourth-order valence-electron chi connectivity index (χ4n) is 3.30. The van der Waals surface area contributed by atoms with Gasteiger partial charge >= 0.3 is 0 Å². The molecule has 2 N–H and O–H groups in total. The lowest BCUT2D eigenvalue weighted by molar-refractivity contribution is -0.384. The zero-order chi connectivity index (χ0) is 25.7. The Morgan fingerprint density at radius 2 is 1.78 bits per heavy atom. The summed E-state index contributed by atoms with van der Waals surface area (Å²) in [7, 11) is 0. The largest absolute Gasteiger partial charge is 0.340 e. The summed E-state index contributed by atoms with van der Waals surface area (Å²) in [5.74, 6) is -1.19. The number of carbonyl (C=O) groups is 2. The molecule has 0 saturated heterocycles. The van der Waals surface area contributed by atoms with E-state index in [0.717, 1.165) is 28.5 Å². The van der Waals surface area contributed by atoms with Gasteiger partial charge in [0.25, 0.3) is 11.6 Å². The number of halogens is 2. The summed E-state index contributed by atoms with van der Waals surface area (Å²) in [6.45, 7) is 0. The fraction of sp³-hybridized carbons (Fsp3) is 0.0833. The molecule has 0 aliphatic rings. The Bertz CT molecular complexity index is 1430. The van der Waals surface area contributed by atoms with Crippen LogP contribution in [-0.4, -0.2) is 33.0 Å². The molecule has 0 fully saturated rings. The molecule has 1 aromatic heterocycles. The van der Waals surface area contributed by atoms with Crippen LogP contribution in [0.15, 0.2) is 72.8 Å². The summed E-state index contributed by atoms with van der Waals surface area (Å²) in [5.41, 5.74) is 1.14. The van der Waals surface area contributed by atoms with Gasteiger partial charge in [-0.25, -0.2) is 0 Å². The summed E-state index contributed by atoms with van der Waals surface area (Å²) in [5, 5.41) is 25.9. The number of hydrogen-bond acceptors (Lipinski definition) is 7. The second-order valence-electron chi connectivity index (χ2n) is 7.55. The van der Waals surface area contributed by atoms with E-state index in [0.29, 0.717) is 10.0 Å². The number of benzene rings is 3. The maximum absolute atomic E-state index is 13.2. The van der Waals surface area contributed by atoms with Gasteiger partial charge in [-0.05, 0) is 29.8 Å². The highest BCUT2D eigenvalue weighted by Crippen LogP contribution is 2.28. The highest BCUT2D eigenvalue weighted by molar-refractivity contribution is 7.18. The van der Waals surface area contributed by atoms with Crippen molar-refractivity contribution >= 4 is 57.2 Å². The maximum atomic E-state index is 13.2. The first kappa shape index (κ1) is 25.2. The Morgan fingerprint density at radius 1 is 1.00 bits per heavy atom. The molecule has 0 aliphatic carbocycles. The zero-order valence-electron chi connectivity index (χ0n) is 18.4. The molecule has 0 unspecified atom stereocenters. The van der Waals surface area contributed by atoms with E-state index in [1.807, 2.05) is 36.4 Å². The predicted octanol–water partition coefficient (Wildman–Crippen LogP) is 5.40. The van der Waals surface area contributed by atoms with Crippen molar-refractivity contribution in [2.24, 2.45) is 0 Å². The molecule has 1 heterocycles. The third-order valence-electron chi connectivity index (χ3n) is 5.04. The van der Waals surface area contributed by atoms with Crippen molar-refractivity contribution in [1.29, 1.82) is 0 Å². The monoisotopic (exact) mass is 541 g/mol. The van der Waals surface area contributed by atoms with Crippen molar-refractivity contribution in [3.63, 3.8) is 0 Å². The highest BCUT2D eigenvalue weighted by Gasteiger charge is 2.25. The van der Waals surface area contributed by atoms with Gasteiger partial charge in [-0.1, -0.05) is 77.0 Å². The number of nitro groups is 1. The van der Waals surface area contributed by atoms with Crippen LogP contribution in [0.25, 0.3) is 10.6 Å². The lowest BCUT2D eigenvalue weighted by atomic mass is 10.0. The zero-order valence-corrected chi connectivity index (χ0v) is 20.7. The smallest absolute Gasteiger partial charge is 0.288 e. The summed E-state index contributed by atoms with van der Waals surface area (Å²) >= 11 is 13.0. The summed E-state index contributed by atoms with van der Waals surface area (Å²) in [4.78, 5) is 36.6. The van der Waals surface area contributed by atoms with Crippen LogP contribution in [0.3, 0.4) is 0 Å². The SMILES string of the molecule is O=C(N[C@@H](Cc1ccccc1)C(=O)Nc1nnc(-c2cccc(Cl)c2)s1)c1ccc(Cl)c([N+](=O)[O-])c1. The molecule has 0 bridgehead atoms. The maximum Gasteiger partial charge on any atom is 0.288 e. The van der Waals surface area contributed by atoms with Gasteiger partial charge < -0.3 is 5.32 Å². The van der Waals surface area contributed by atoms with Crippen molar-refractivity contribution < 1.29 is 14.5 Å². The quantitative estimate of drug-likeness (QED) is 0.227. The minimum Gasteiger partial charge on any atom is -0.340 e. The molecule has 0 radical (unpaired) electrons. The molecule has 36 heavy (non-hydrogen) atoms. The Labute approximate surface area is 219 Å². The third kappa shape index (κ3) is 6.22. The second-order valence-corrected chi connectivity index (χ2v) is 9.37. The van der Waals surface area contributed by atoms with Crippen molar-refractivity contribution in [2.45, 2.75) is 12.5 Å². The number of carbonyl (C=O) groups excluding carboxylic acids is 2. The lowest BCUT2D eigenvalue weighted by Gasteiger charge is -2.18. The first-order chi connectivity index (χ1) is 17.3. The van der Waals surface area contributed by atoms with E-state index in [2.05, 4.69) is 20.8 Å². The molecule has 12 heteroatoms. The first-order valence-corrected chi connectivity index (χ1v) is 12.1. The molecular weight excluding hydrogens is 525 g/mol. The number of nitrogens with one attached hydrogen (secondary N) is 2. The minimum atomic E-state index is -1.01. The van der Waals surface area contributed by atoms with Gasteiger partial charge in [0, 0.05) is 28.6 Å². The molecule has 0 spiro atoms. The number of nitro benzene ring substituents is 1. The number of hydrogen-bond donors (Lipinski definition) is 2. The summed E-state index contributed by atoms with van der Waals surface area (Å²) in [6, 6.07) is 18.9. The van der Waals surface area contributed by atoms with Crippen LogP contribution in [0.2, 0.25) is 10.0 Å². The summed E-state index contributed by atoms with van der Waals surface area (Å²) < 4.78 is 0. The van der Waals surface area contributed by atoms with E-state index in [1.54, 1.807) is 18.2 Å². The number of amides is 2. The van der Waals surface area contributed by atoms with Gasteiger partial charge in [0.2, 0.25) is 11.0 Å². The van der Waals surface area contributed by atoms with Gasteiger partial charge in [0.1, 0.15) is 16.1 Å². The number of aromatic nitrogens is 2. The van der Waals surface area contributed by atoms with Gasteiger partial charge in [0.15, 0.2) is 0 Å². The molecule has 4 rings (SSSR count). The fourth-order valence-corrected chi connectivity index (χ4v) is 4.42. The van der Waals surface area contributed by atoms with Crippen LogP contribution in [0.1, 0.15) is 15.9 Å². The van der Waals surface area contributed by atoms with Crippen LogP contribution < -0.4 is 10.6 Å². The molecule has 4 aromatic rings. The number of nitrogens with zero attached hydrogens (tertiary/aromatic N) is 3. The van der Waals surface area contributed by atoms with E-state index in [4.69, 9.17) is 23.2 Å². The van der Waals surface area contributed by atoms with E-state index < -0.39 is 28.5 Å². The molecular formula is C24H17Cl2N5O4S. The predicted molar refractivity (Wildman–Crippen MR) is 138 cm³/mol. The topological polar surface area (TPSA) is 127 Å². The Morgan fingerprint density at radius 3 is 2.50 bits per heavy atom. The van der Waals surface area contributed by atoms with Crippen molar-refractivity contribution in [2.75, 3.05) is 5.32 Å². The molecule has 0 aliphatic heterocycles. The van der Waals surface area contributed by atoms with Gasteiger partial charge in [-0.3, -0.25) is 25.0 Å². The van der Waals surface area contributed by atoms with Crippen LogP contribution >= 0.6 is 34.5 Å². The van der Waals surface area contributed by atoms with Crippen LogP contribution in [0.5, 0.6) is 0 Å². The Hall–Kier alpha value is -3.86. The van der Waals surface area contributed by atoms with E-state index >= 15 is 0 Å². The van der Waals surface area contributed by atoms with E-state index in [-0.39, 0.29) is 22.1 Å². The molecule has 0 saturated carbocycles. The Balaban J connectivity index is 1.54. The molecule has 1 atom stereocenters. The van der Waals surface area contributed by atoms with E-state index in [9.17, 15) is 19.7 Å². The normalized spacial score (nSPS) is 11.5. The average molecular weight is 542 g/mol.